The van der Waals surface area contributed by atoms with Crippen molar-refractivity contribution in [2.45, 2.75) is 19.1 Å². The van der Waals surface area contributed by atoms with Gasteiger partial charge in [-0.2, -0.15) is 13.2 Å². The van der Waals surface area contributed by atoms with Gasteiger partial charge in [0.1, 0.15) is 17.5 Å². The first-order valence-electron chi connectivity index (χ1n) is 12.2. The van der Waals surface area contributed by atoms with Crippen molar-refractivity contribution in [1.82, 2.24) is 15.4 Å². The van der Waals surface area contributed by atoms with Crippen LogP contribution in [0.4, 0.5) is 44.8 Å². The predicted octanol–water partition coefficient (Wildman–Crippen LogP) is 3.46. The first-order valence-corrected chi connectivity index (χ1v) is 12.2. The molecule has 5 N–H and O–H groups in total. The Morgan fingerprint density at radius 2 is 1.68 bits per heavy atom. The lowest BCUT2D eigenvalue weighted by Gasteiger charge is -2.36. The largest absolute Gasteiger partial charge is 0.472 e. The zero-order valence-electron chi connectivity index (χ0n) is 21.1. The molecule has 4 rings (SSSR count). The second-order valence-corrected chi connectivity index (χ2v) is 9.09. The molecule has 0 saturated carbocycles. The van der Waals surface area contributed by atoms with E-state index in [0.29, 0.717) is 41.4 Å². The Morgan fingerprint density at radius 3 is 2.33 bits per heavy atom. The van der Waals surface area contributed by atoms with Crippen molar-refractivity contribution >= 4 is 34.7 Å². The van der Waals surface area contributed by atoms with Crippen LogP contribution in [0.5, 0.6) is 0 Å². The number of hydrogen-bond acceptors (Lipinski definition) is 7. The summed E-state index contributed by atoms with van der Waals surface area (Å²) >= 11 is 0. The van der Waals surface area contributed by atoms with Crippen LogP contribution in [0.2, 0.25) is 0 Å². The minimum Gasteiger partial charge on any atom is -0.381 e. The number of primary amides is 1. The van der Waals surface area contributed by atoms with E-state index >= 15 is 0 Å². The van der Waals surface area contributed by atoms with Gasteiger partial charge in [-0.3, -0.25) is 15.0 Å². The van der Waals surface area contributed by atoms with E-state index in [1.165, 1.54) is 23.3 Å². The van der Waals surface area contributed by atoms with Crippen LogP contribution in [0.25, 0.3) is 0 Å². The van der Waals surface area contributed by atoms with Crippen molar-refractivity contribution in [3.8, 4) is 0 Å². The molecule has 1 fully saturated rings. The molecule has 2 heterocycles. The van der Waals surface area contributed by atoms with Gasteiger partial charge >= 0.3 is 12.1 Å². The number of nitrogens with two attached hydrogens (primary N) is 1. The summed E-state index contributed by atoms with van der Waals surface area (Å²) in [7, 11) is 0. The quantitative estimate of drug-likeness (QED) is 0.295. The van der Waals surface area contributed by atoms with Gasteiger partial charge < -0.3 is 21.3 Å². The Kier molecular flexibility index (Phi) is 8.67. The lowest BCUT2D eigenvalue weighted by Crippen LogP contribution is -2.56. The van der Waals surface area contributed by atoms with Crippen LogP contribution in [0.3, 0.4) is 0 Å². The minimum atomic E-state index is -4.95. The average molecular weight is 564 g/mol. The standard InChI is InChI=1S/C26H26F5N7O2/c27-18-8-16(9-19(28)11-18)14-33-22-13-24(34-15-17(22)10-23(32)39)35-20-2-1-3-21(12-20)37-4-6-38(7-5-37)36-25(40)26(29,30)31/h1-3,8-9,11-13,15H,4-7,10,14H2,(H2,32,39)(H,36,40)(H2,33,34,35). The van der Waals surface area contributed by atoms with Crippen molar-refractivity contribution in [3.63, 3.8) is 0 Å². The number of nitrogens with zero attached hydrogens (tertiary/aromatic N) is 3. The van der Waals surface area contributed by atoms with Gasteiger partial charge in [-0.05, 0) is 35.9 Å². The number of aromatic nitrogens is 1. The van der Waals surface area contributed by atoms with Gasteiger partial charge in [0, 0.05) is 73.7 Å². The van der Waals surface area contributed by atoms with E-state index in [4.69, 9.17) is 5.73 Å². The Bertz CT molecular complexity index is 1360. The molecule has 1 aliphatic rings. The summed E-state index contributed by atoms with van der Waals surface area (Å²) in [6, 6.07) is 12.1. The molecule has 1 aromatic heterocycles. The number of halogens is 5. The van der Waals surface area contributed by atoms with Crippen molar-refractivity contribution in [2.24, 2.45) is 5.73 Å². The highest BCUT2D eigenvalue weighted by Gasteiger charge is 2.40. The molecule has 1 saturated heterocycles. The predicted molar refractivity (Wildman–Crippen MR) is 139 cm³/mol. The number of amides is 2. The topological polar surface area (TPSA) is 116 Å². The van der Waals surface area contributed by atoms with Crippen molar-refractivity contribution in [3.05, 3.63) is 77.5 Å². The second kappa shape index (κ2) is 12.2. The smallest absolute Gasteiger partial charge is 0.381 e. The number of rotatable bonds is 9. The Hall–Kier alpha value is -4.46. The first-order chi connectivity index (χ1) is 19.0. The summed E-state index contributed by atoms with van der Waals surface area (Å²) in [5.41, 5.74) is 10.1. The molecule has 9 nitrogen and oxygen atoms in total. The van der Waals surface area contributed by atoms with Crippen LogP contribution in [0.1, 0.15) is 11.1 Å². The average Bonchev–Trinajstić information content (AvgIpc) is 2.88. The molecule has 0 atom stereocenters. The molecule has 3 aromatic rings. The Morgan fingerprint density at radius 1 is 0.975 bits per heavy atom. The van der Waals surface area contributed by atoms with Crippen molar-refractivity contribution < 1.29 is 31.5 Å². The van der Waals surface area contributed by atoms with Gasteiger partial charge in [-0.15, -0.1) is 0 Å². The Balaban J connectivity index is 1.43. The summed E-state index contributed by atoms with van der Waals surface area (Å²) < 4.78 is 64.7. The van der Waals surface area contributed by atoms with E-state index in [2.05, 4.69) is 15.6 Å². The summed E-state index contributed by atoms with van der Waals surface area (Å²) in [5, 5.41) is 7.47. The molecule has 212 valence electrons. The molecule has 0 aliphatic carbocycles. The second-order valence-electron chi connectivity index (χ2n) is 9.09. The molecule has 0 radical (unpaired) electrons. The third-order valence-corrected chi connectivity index (χ3v) is 6.04. The molecule has 2 amide bonds. The number of hydrogen-bond donors (Lipinski definition) is 4. The number of piperazine rings is 1. The van der Waals surface area contributed by atoms with Crippen molar-refractivity contribution in [1.29, 1.82) is 0 Å². The minimum absolute atomic E-state index is 0.0782. The zero-order chi connectivity index (χ0) is 28.9. The summed E-state index contributed by atoms with van der Waals surface area (Å²) in [6.45, 7) is 1.25. The summed E-state index contributed by atoms with van der Waals surface area (Å²) in [6.07, 6.45) is -3.58. The molecule has 1 aliphatic heterocycles. The fraction of sp³-hybridized carbons (Fsp3) is 0.269. The van der Waals surface area contributed by atoms with E-state index in [9.17, 15) is 31.5 Å². The third-order valence-electron chi connectivity index (χ3n) is 6.04. The van der Waals surface area contributed by atoms with E-state index < -0.39 is 29.6 Å². The molecular weight excluding hydrogens is 537 g/mol. The fourth-order valence-corrected chi connectivity index (χ4v) is 4.17. The molecular formula is C26H26F5N7O2. The maximum atomic E-state index is 13.6. The molecule has 0 unspecified atom stereocenters. The van der Waals surface area contributed by atoms with Gasteiger partial charge in [0.15, 0.2) is 0 Å². The van der Waals surface area contributed by atoms with Crippen LogP contribution in [0, 0.1) is 11.6 Å². The highest BCUT2D eigenvalue weighted by molar-refractivity contribution is 5.81. The fourth-order valence-electron chi connectivity index (χ4n) is 4.17. The maximum Gasteiger partial charge on any atom is 0.472 e. The number of carbonyl (C=O) groups is 2. The number of pyridine rings is 1. The van der Waals surface area contributed by atoms with Crippen LogP contribution in [-0.2, 0) is 22.6 Å². The van der Waals surface area contributed by atoms with Gasteiger partial charge in [0.2, 0.25) is 5.91 Å². The summed E-state index contributed by atoms with van der Waals surface area (Å²) in [5.74, 6) is -3.58. The van der Waals surface area contributed by atoms with Crippen LogP contribution >= 0.6 is 0 Å². The van der Waals surface area contributed by atoms with Gasteiger partial charge in [-0.25, -0.2) is 18.8 Å². The van der Waals surface area contributed by atoms with Crippen LogP contribution < -0.4 is 26.7 Å². The Labute approximate surface area is 226 Å². The number of nitrogens with one attached hydrogen (secondary N) is 3. The molecule has 14 heteroatoms. The van der Waals surface area contributed by atoms with E-state index in [1.54, 1.807) is 18.2 Å². The van der Waals surface area contributed by atoms with E-state index in [0.717, 1.165) is 11.8 Å². The van der Waals surface area contributed by atoms with Gasteiger partial charge in [-0.1, -0.05) is 6.07 Å². The highest BCUT2D eigenvalue weighted by atomic mass is 19.4. The number of hydrazine groups is 1. The lowest BCUT2D eigenvalue weighted by atomic mass is 10.1. The summed E-state index contributed by atoms with van der Waals surface area (Å²) in [4.78, 5) is 29.0. The molecule has 0 spiro atoms. The normalized spacial score (nSPS) is 14.1. The van der Waals surface area contributed by atoms with Crippen LogP contribution in [0.15, 0.2) is 54.7 Å². The first kappa shape index (κ1) is 28.5. The van der Waals surface area contributed by atoms with Crippen molar-refractivity contribution in [2.75, 3.05) is 41.7 Å². The molecule has 2 aromatic carbocycles. The maximum absolute atomic E-state index is 13.6. The number of benzene rings is 2. The lowest BCUT2D eigenvalue weighted by molar-refractivity contribution is -0.178. The number of anilines is 4. The monoisotopic (exact) mass is 563 g/mol. The third kappa shape index (κ3) is 7.79. The zero-order valence-corrected chi connectivity index (χ0v) is 21.1. The highest BCUT2D eigenvalue weighted by Crippen LogP contribution is 2.26. The van der Waals surface area contributed by atoms with E-state index in [1.807, 2.05) is 22.5 Å². The molecule has 40 heavy (non-hydrogen) atoms. The van der Waals surface area contributed by atoms with E-state index in [-0.39, 0.29) is 26.1 Å². The SMILES string of the molecule is NC(=O)Cc1cnc(Nc2cccc(N3CCN(NC(=O)C(F)(F)F)CC3)c2)cc1NCc1cc(F)cc(F)c1. The van der Waals surface area contributed by atoms with Gasteiger partial charge in [0.25, 0.3) is 0 Å². The van der Waals surface area contributed by atoms with Gasteiger partial charge in [0.05, 0.1) is 6.42 Å². The molecule has 0 bridgehead atoms. The number of carbonyl (C=O) groups excluding carboxylic acids is 2. The van der Waals surface area contributed by atoms with Crippen LogP contribution in [-0.4, -0.2) is 54.2 Å². The number of alkyl halides is 3.